The third kappa shape index (κ3) is 2.54. The van der Waals surface area contributed by atoms with Crippen molar-refractivity contribution in [2.24, 2.45) is 23.0 Å². The largest absolute Gasteiger partial charge is 0.329 e. The molecule has 2 nitrogen and oxygen atoms in total. The van der Waals surface area contributed by atoms with Crippen molar-refractivity contribution in [1.82, 2.24) is 5.32 Å². The van der Waals surface area contributed by atoms with Crippen molar-refractivity contribution in [2.75, 3.05) is 13.1 Å². The van der Waals surface area contributed by atoms with E-state index in [-0.39, 0.29) is 5.54 Å². The van der Waals surface area contributed by atoms with E-state index in [0.717, 1.165) is 18.4 Å². The van der Waals surface area contributed by atoms with Crippen LogP contribution in [0.4, 0.5) is 0 Å². The van der Waals surface area contributed by atoms with Crippen LogP contribution in [0.25, 0.3) is 0 Å². The zero-order valence-corrected chi connectivity index (χ0v) is 10.5. The van der Waals surface area contributed by atoms with Gasteiger partial charge in [0.25, 0.3) is 0 Å². The molecule has 2 rings (SSSR count). The molecule has 0 spiro atoms. The summed E-state index contributed by atoms with van der Waals surface area (Å²) in [6.07, 6.45) is 5.24. The van der Waals surface area contributed by atoms with Crippen LogP contribution in [0, 0.1) is 17.3 Å². The van der Waals surface area contributed by atoms with Gasteiger partial charge in [-0.1, -0.05) is 20.8 Å². The minimum atomic E-state index is 0.256. The fourth-order valence-corrected chi connectivity index (χ4v) is 3.10. The molecule has 2 aliphatic rings. The smallest absolute Gasteiger partial charge is 0.0309 e. The number of nitrogens with two attached hydrogens (primary N) is 1. The molecule has 0 amide bonds. The Morgan fingerprint density at radius 1 is 1.33 bits per heavy atom. The number of hydrogen-bond acceptors (Lipinski definition) is 2. The molecular formula is C13H26N2. The maximum Gasteiger partial charge on any atom is 0.0309 e. The maximum absolute atomic E-state index is 5.97. The minimum absolute atomic E-state index is 0.256. The van der Waals surface area contributed by atoms with E-state index in [1.165, 1.54) is 32.2 Å². The lowest BCUT2D eigenvalue weighted by molar-refractivity contribution is 0.286. The average Bonchev–Trinajstić information content (AvgIpc) is 2.78. The van der Waals surface area contributed by atoms with Crippen LogP contribution in [0.1, 0.15) is 46.5 Å². The predicted molar refractivity (Wildman–Crippen MR) is 64.7 cm³/mol. The zero-order chi connectivity index (χ0) is 11.1. The van der Waals surface area contributed by atoms with Gasteiger partial charge < -0.3 is 11.1 Å². The average molecular weight is 210 g/mol. The van der Waals surface area contributed by atoms with Gasteiger partial charge in [0.1, 0.15) is 0 Å². The standard InChI is InChI=1S/C13H26N2/c1-10-6-11(10)7-15-13(9-14)5-4-12(2,3)8-13/h10-11,15H,4-9,14H2,1-3H3. The van der Waals surface area contributed by atoms with E-state index < -0.39 is 0 Å². The van der Waals surface area contributed by atoms with Crippen molar-refractivity contribution in [1.29, 1.82) is 0 Å². The van der Waals surface area contributed by atoms with Crippen LogP contribution in [0.15, 0.2) is 0 Å². The van der Waals surface area contributed by atoms with Gasteiger partial charge in [0, 0.05) is 12.1 Å². The minimum Gasteiger partial charge on any atom is -0.329 e. The van der Waals surface area contributed by atoms with Crippen molar-refractivity contribution in [3.63, 3.8) is 0 Å². The topological polar surface area (TPSA) is 38.0 Å². The summed E-state index contributed by atoms with van der Waals surface area (Å²) in [5.41, 5.74) is 6.71. The molecule has 2 fully saturated rings. The lowest BCUT2D eigenvalue weighted by Crippen LogP contribution is -2.50. The third-order valence-electron chi connectivity index (χ3n) is 4.50. The summed E-state index contributed by atoms with van der Waals surface area (Å²) in [5, 5.41) is 3.77. The van der Waals surface area contributed by atoms with Gasteiger partial charge in [-0.15, -0.1) is 0 Å². The first kappa shape index (κ1) is 11.4. The molecule has 3 unspecified atom stereocenters. The van der Waals surface area contributed by atoms with Crippen molar-refractivity contribution in [3.05, 3.63) is 0 Å². The highest BCUT2D eigenvalue weighted by Gasteiger charge is 2.43. The Bertz CT molecular complexity index is 237. The molecule has 0 bridgehead atoms. The van der Waals surface area contributed by atoms with Gasteiger partial charge in [-0.05, 0) is 49.5 Å². The van der Waals surface area contributed by atoms with Gasteiger partial charge in [0.15, 0.2) is 0 Å². The molecule has 0 aliphatic heterocycles. The van der Waals surface area contributed by atoms with E-state index in [0.29, 0.717) is 5.41 Å². The molecule has 0 aromatic rings. The lowest BCUT2D eigenvalue weighted by atomic mass is 9.87. The first-order valence-corrected chi connectivity index (χ1v) is 6.41. The molecule has 0 aromatic heterocycles. The highest BCUT2D eigenvalue weighted by Crippen LogP contribution is 2.44. The maximum atomic E-state index is 5.97. The Morgan fingerprint density at radius 2 is 2.00 bits per heavy atom. The Hall–Kier alpha value is -0.0800. The van der Waals surface area contributed by atoms with Gasteiger partial charge in [0.05, 0.1) is 0 Å². The highest BCUT2D eigenvalue weighted by atomic mass is 15.0. The molecule has 15 heavy (non-hydrogen) atoms. The highest BCUT2D eigenvalue weighted by molar-refractivity contribution is 5.01. The van der Waals surface area contributed by atoms with Crippen molar-refractivity contribution in [3.8, 4) is 0 Å². The fraction of sp³-hybridized carbons (Fsp3) is 1.00. The summed E-state index contributed by atoms with van der Waals surface area (Å²) in [6.45, 7) is 9.07. The molecule has 0 saturated heterocycles. The SMILES string of the molecule is CC1CC1CNC1(CN)CCC(C)(C)C1. The normalized spacial score (nSPS) is 43.2. The molecule has 0 radical (unpaired) electrons. The van der Waals surface area contributed by atoms with Crippen LogP contribution in [0.3, 0.4) is 0 Å². The molecule has 0 heterocycles. The Morgan fingerprint density at radius 3 is 2.40 bits per heavy atom. The second-order valence-electron chi connectivity index (χ2n) is 6.68. The molecule has 0 aromatic carbocycles. The van der Waals surface area contributed by atoms with Crippen LogP contribution in [-0.4, -0.2) is 18.6 Å². The Balaban J connectivity index is 1.86. The van der Waals surface area contributed by atoms with E-state index >= 15 is 0 Å². The van der Waals surface area contributed by atoms with Crippen LogP contribution >= 0.6 is 0 Å². The van der Waals surface area contributed by atoms with Crippen LogP contribution in [-0.2, 0) is 0 Å². The van der Waals surface area contributed by atoms with E-state index in [2.05, 4.69) is 26.1 Å². The van der Waals surface area contributed by atoms with E-state index in [1.807, 2.05) is 0 Å². The quantitative estimate of drug-likeness (QED) is 0.746. The fourth-order valence-electron chi connectivity index (χ4n) is 3.10. The summed E-state index contributed by atoms with van der Waals surface area (Å²) in [6, 6.07) is 0. The summed E-state index contributed by atoms with van der Waals surface area (Å²) in [5.74, 6) is 1.87. The molecule has 3 N–H and O–H groups in total. The summed E-state index contributed by atoms with van der Waals surface area (Å²) in [7, 11) is 0. The van der Waals surface area contributed by atoms with E-state index in [1.54, 1.807) is 0 Å². The molecule has 2 saturated carbocycles. The van der Waals surface area contributed by atoms with Crippen molar-refractivity contribution < 1.29 is 0 Å². The van der Waals surface area contributed by atoms with Gasteiger partial charge in [-0.25, -0.2) is 0 Å². The van der Waals surface area contributed by atoms with Gasteiger partial charge in [-0.3, -0.25) is 0 Å². The molecular weight excluding hydrogens is 184 g/mol. The zero-order valence-electron chi connectivity index (χ0n) is 10.5. The molecule has 88 valence electrons. The van der Waals surface area contributed by atoms with Gasteiger partial charge in [-0.2, -0.15) is 0 Å². The van der Waals surface area contributed by atoms with Crippen LogP contribution < -0.4 is 11.1 Å². The lowest BCUT2D eigenvalue weighted by Gasteiger charge is -2.31. The third-order valence-corrected chi connectivity index (χ3v) is 4.50. The van der Waals surface area contributed by atoms with Gasteiger partial charge in [0.2, 0.25) is 0 Å². The Kier molecular flexibility index (Phi) is 2.85. The first-order chi connectivity index (χ1) is 6.96. The van der Waals surface area contributed by atoms with Gasteiger partial charge >= 0.3 is 0 Å². The number of nitrogens with one attached hydrogen (secondary N) is 1. The number of rotatable bonds is 4. The number of hydrogen-bond donors (Lipinski definition) is 2. The molecule has 2 aliphatic carbocycles. The van der Waals surface area contributed by atoms with Crippen LogP contribution in [0.2, 0.25) is 0 Å². The first-order valence-electron chi connectivity index (χ1n) is 6.41. The summed E-state index contributed by atoms with van der Waals surface area (Å²) >= 11 is 0. The predicted octanol–water partition coefficient (Wildman–Crippen LogP) is 2.14. The van der Waals surface area contributed by atoms with Crippen molar-refractivity contribution >= 4 is 0 Å². The van der Waals surface area contributed by atoms with Crippen LogP contribution in [0.5, 0.6) is 0 Å². The second-order valence-corrected chi connectivity index (χ2v) is 6.68. The summed E-state index contributed by atoms with van der Waals surface area (Å²) < 4.78 is 0. The molecule has 2 heteroatoms. The van der Waals surface area contributed by atoms with E-state index in [9.17, 15) is 0 Å². The second kappa shape index (κ2) is 3.74. The Labute approximate surface area is 94.0 Å². The monoisotopic (exact) mass is 210 g/mol. The molecule has 3 atom stereocenters. The summed E-state index contributed by atoms with van der Waals surface area (Å²) in [4.78, 5) is 0. The van der Waals surface area contributed by atoms with E-state index in [4.69, 9.17) is 5.73 Å². The van der Waals surface area contributed by atoms with Crippen molar-refractivity contribution in [2.45, 2.75) is 52.0 Å².